The first-order chi connectivity index (χ1) is 15.5. The Hall–Kier alpha value is -3.26. The summed E-state index contributed by atoms with van der Waals surface area (Å²) in [5.41, 5.74) is 4.22. The molecule has 3 aromatic rings. The third-order valence-electron chi connectivity index (χ3n) is 4.89. The largest absolute Gasteiger partial charge is 0.461 e. The van der Waals surface area contributed by atoms with E-state index in [1.54, 1.807) is 18.7 Å². The molecular formula is C24H29N4O3S+. The molecule has 0 atom stereocenters. The second-order valence-electron chi connectivity index (χ2n) is 7.19. The van der Waals surface area contributed by atoms with Gasteiger partial charge in [-0.1, -0.05) is 24.3 Å². The number of H-pyrrole nitrogens is 1. The second kappa shape index (κ2) is 11.4. The number of ether oxygens (including phenoxy) is 1. The fourth-order valence-corrected chi connectivity index (χ4v) is 3.86. The Morgan fingerprint density at radius 2 is 1.94 bits per heavy atom. The number of aromatic nitrogens is 1. The van der Waals surface area contributed by atoms with Crippen LogP contribution >= 0.6 is 11.8 Å². The van der Waals surface area contributed by atoms with Crippen molar-refractivity contribution in [3.05, 3.63) is 65.4 Å². The second-order valence-corrected chi connectivity index (χ2v) is 8.01. The number of anilines is 1. The lowest BCUT2D eigenvalue weighted by Gasteiger charge is -2.05. The van der Waals surface area contributed by atoms with Gasteiger partial charge in [0.15, 0.2) is 0 Å². The molecule has 0 saturated heterocycles. The number of aromatic amines is 1. The highest BCUT2D eigenvalue weighted by atomic mass is 32.2. The number of nitrogens with one attached hydrogen (secondary N) is 4. The van der Waals surface area contributed by atoms with Crippen molar-refractivity contribution in [2.75, 3.05) is 24.7 Å². The lowest BCUT2D eigenvalue weighted by atomic mass is 10.0. The van der Waals surface area contributed by atoms with Crippen LogP contribution in [0.15, 0.2) is 48.5 Å². The van der Waals surface area contributed by atoms with Gasteiger partial charge in [-0.2, -0.15) is 0 Å². The molecule has 168 valence electrons. The number of thioether (sulfide) groups is 1. The highest BCUT2D eigenvalue weighted by Crippen LogP contribution is 2.25. The average Bonchev–Trinajstić information content (AvgIpc) is 3.16. The molecule has 0 unspecified atom stereocenters. The van der Waals surface area contributed by atoms with Crippen LogP contribution in [-0.4, -0.2) is 41.4 Å². The Balaban J connectivity index is 1.85. The van der Waals surface area contributed by atoms with Gasteiger partial charge in [0.25, 0.3) is 0 Å². The van der Waals surface area contributed by atoms with Gasteiger partial charge < -0.3 is 15.0 Å². The van der Waals surface area contributed by atoms with Crippen molar-refractivity contribution in [3.8, 4) is 0 Å². The molecule has 0 aliphatic heterocycles. The highest BCUT2D eigenvalue weighted by molar-refractivity contribution is 8.13. The number of amides is 1. The number of hydrogen-bond acceptors (Lipinski definition) is 4. The van der Waals surface area contributed by atoms with Gasteiger partial charge in [-0.25, -0.2) is 10.1 Å². The Kier molecular flexibility index (Phi) is 8.33. The van der Waals surface area contributed by atoms with Crippen LogP contribution in [0.5, 0.6) is 0 Å². The summed E-state index contributed by atoms with van der Waals surface area (Å²) in [4.78, 5) is 30.5. The van der Waals surface area contributed by atoms with Gasteiger partial charge in [-0.3, -0.25) is 9.79 Å². The molecule has 0 fully saturated rings. The molecule has 0 radical (unpaired) electrons. The topological polar surface area (TPSA) is 97.2 Å². The maximum absolute atomic E-state index is 12.6. The Bertz CT molecular complexity index is 1110. The zero-order valence-electron chi connectivity index (χ0n) is 18.6. The summed E-state index contributed by atoms with van der Waals surface area (Å²) in [6, 6.07) is 15.8. The number of esters is 1. The van der Waals surface area contributed by atoms with Gasteiger partial charge in [0, 0.05) is 30.8 Å². The first-order valence-electron chi connectivity index (χ1n) is 10.5. The van der Waals surface area contributed by atoms with Crippen LogP contribution in [0, 0.1) is 0 Å². The van der Waals surface area contributed by atoms with Crippen molar-refractivity contribution in [1.29, 1.82) is 0 Å². The van der Waals surface area contributed by atoms with E-state index in [2.05, 4.69) is 20.6 Å². The minimum absolute atomic E-state index is 0.0816. The van der Waals surface area contributed by atoms with Crippen LogP contribution in [0.1, 0.15) is 35.5 Å². The standard InChI is InChI=1S/C24H28N4O3S/c1-4-31-23(30)22-19(12-13-25-24(32-3)27-18-8-6-5-7-9-18)20-14-17(15-26-16(2)29)10-11-21(20)28-22/h5-11,14,28H,4,12-13,15H2,1-3H3,(H,25,27)(H,26,29)/p+1. The molecule has 2 aromatic carbocycles. The fraction of sp³-hybridized carbons (Fsp3) is 0.292. The Morgan fingerprint density at radius 1 is 1.16 bits per heavy atom. The molecule has 32 heavy (non-hydrogen) atoms. The molecule has 0 aliphatic carbocycles. The minimum Gasteiger partial charge on any atom is -0.461 e. The number of carbonyl (C=O) groups is 2. The van der Waals surface area contributed by atoms with Crippen LogP contribution in [0.25, 0.3) is 10.9 Å². The first-order valence-corrected chi connectivity index (χ1v) is 11.8. The van der Waals surface area contributed by atoms with Crippen molar-refractivity contribution < 1.29 is 19.3 Å². The predicted molar refractivity (Wildman–Crippen MR) is 130 cm³/mol. The summed E-state index contributed by atoms with van der Waals surface area (Å²) in [5.74, 6) is -0.444. The predicted octanol–water partition coefficient (Wildman–Crippen LogP) is 2.43. The van der Waals surface area contributed by atoms with E-state index >= 15 is 0 Å². The fourth-order valence-electron chi connectivity index (χ4n) is 3.39. The van der Waals surface area contributed by atoms with Crippen LogP contribution in [-0.2, 0) is 22.5 Å². The van der Waals surface area contributed by atoms with Gasteiger partial charge in [-0.15, -0.1) is 0 Å². The molecular weight excluding hydrogens is 424 g/mol. The number of fused-ring (bicyclic) bond motifs is 1. The van der Waals surface area contributed by atoms with E-state index in [4.69, 9.17) is 4.74 Å². The number of hydrogen-bond donors (Lipinski definition) is 4. The molecule has 7 nitrogen and oxygen atoms in total. The van der Waals surface area contributed by atoms with Gasteiger partial charge in [0.2, 0.25) is 5.91 Å². The third kappa shape index (κ3) is 6.13. The summed E-state index contributed by atoms with van der Waals surface area (Å²) in [6.07, 6.45) is 2.63. The van der Waals surface area contributed by atoms with E-state index in [-0.39, 0.29) is 11.9 Å². The summed E-state index contributed by atoms with van der Waals surface area (Å²) in [7, 11) is 0. The minimum atomic E-state index is -0.362. The van der Waals surface area contributed by atoms with E-state index in [1.165, 1.54) is 6.92 Å². The van der Waals surface area contributed by atoms with E-state index in [0.717, 1.165) is 32.9 Å². The molecule has 0 bridgehead atoms. The van der Waals surface area contributed by atoms with Crippen LogP contribution in [0.3, 0.4) is 0 Å². The molecule has 4 N–H and O–H groups in total. The first kappa shape index (κ1) is 23.4. The summed E-state index contributed by atoms with van der Waals surface area (Å²) in [6.45, 7) is 4.67. The lowest BCUT2D eigenvalue weighted by Crippen LogP contribution is -2.74. The van der Waals surface area contributed by atoms with Gasteiger partial charge in [0.1, 0.15) is 11.4 Å². The van der Waals surface area contributed by atoms with Crippen molar-refractivity contribution in [1.82, 2.24) is 10.3 Å². The van der Waals surface area contributed by atoms with Crippen molar-refractivity contribution in [2.45, 2.75) is 26.8 Å². The van der Waals surface area contributed by atoms with E-state index < -0.39 is 0 Å². The molecule has 1 heterocycles. The highest BCUT2D eigenvalue weighted by Gasteiger charge is 2.19. The maximum atomic E-state index is 12.6. The van der Waals surface area contributed by atoms with Crippen molar-refractivity contribution in [3.63, 3.8) is 0 Å². The van der Waals surface area contributed by atoms with Gasteiger partial charge in [-0.05, 0) is 60.3 Å². The SMILES string of the molecule is CCOC(=O)c1[nH]c2ccc(CNC(C)=O)cc2c1CC[NH+]=C(Nc1ccccc1)SC. The smallest absolute Gasteiger partial charge is 0.355 e. The monoisotopic (exact) mass is 453 g/mol. The molecule has 8 heteroatoms. The summed E-state index contributed by atoms with van der Waals surface area (Å²) >= 11 is 1.59. The Labute approximate surface area is 192 Å². The summed E-state index contributed by atoms with van der Waals surface area (Å²) < 4.78 is 5.27. The molecule has 0 saturated carbocycles. The quantitative estimate of drug-likeness (QED) is 0.239. The van der Waals surface area contributed by atoms with Crippen molar-refractivity contribution in [2.24, 2.45) is 0 Å². The number of benzene rings is 2. The normalized spacial score (nSPS) is 11.4. The molecule has 1 amide bonds. The molecule has 1 aromatic heterocycles. The zero-order valence-corrected chi connectivity index (χ0v) is 19.4. The van der Waals surface area contributed by atoms with E-state index in [1.807, 2.05) is 54.8 Å². The number of carbonyl (C=O) groups excluding carboxylic acids is 2. The van der Waals surface area contributed by atoms with Crippen molar-refractivity contribution >= 4 is 45.4 Å². The molecule has 0 aliphatic rings. The summed E-state index contributed by atoms with van der Waals surface area (Å²) in [5, 5.41) is 8.07. The van der Waals surface area contributed by atoms with E-state index in [9.17, 15) is 9.59 Å². The van der Waals surface area contributed by atoms with Crippen LogP contribution < -0.4 is 15.6 Å². The number of rotatable bonds is 8. The van der Waals surface area contributed by atoms with Crippen LogP contribution in [0.4, 0.5) is 5.69 Å². The zero-order chi connectivity index (χ0) is 22.9. The van der Waals surface area contributed by atoms with Gasteiger partial charge in [0.05, 0.1) is 13.2 Å². The lowest BCUT2D eigenvalue weighted by molar-refractivity contribution is -0.453. The molecule has 0 spiro atoms. The number of para-hydroxylation sites is 1. The average molecular weight is 454 g/mol. The van der Waals surface area contributed by atoms with Gasteiger partial charge >= 0.3 is 11.1 Å². The van der Waals surface area contributed by atoms with E-state index in [0.29, 0.717) is 31.8 Å². The maximum Gasteiger partial charge on any atom is 0.355 e. The third-order valence-corrected chi connectivity index (χ3v) is 5.54. The Morgan fingerprint density at radius 3 is 2.62 bits per heavy atom. The van der Waals surface area contributed by atoms with Crippen LogP contribution in [0.2, 0.25) is 0 Å². The molecule has 3 rings (SSSR count). The number of amidine groups is 1.